The third kappa shape index (κ3) is 4.09. The Kier molecular flexibility index (Phi) is 5.45. The number of oxime groups is 1. The maximum atomic E-state index is 8.75. The first-order chi connectivity index (χ1) is 10.0. The van der Waals surface area contributed by atoms with Gasteiger partial charge in [0, 0.05) is 37.7 Å². The fourth-order valence-corrected chi connectivity index (χ4v) is 2.90. The summed E-state index contributed by atoms with van der Waals surface area (Å²) in [5.41, 5.74) is 8.02. The van der Waals surface area contributed by atoms with E-state index in [2.05, 4.69) is 27.1 Å². The van der Waals surface area contributed by atoms with E-state index in [9.17, 15) is 0 Å². The van der Waals surface area contributed by atoms with E-state index in [1.54, 1.807) is 0 Å². The largest absolute Gasteiger partial charge is 0.409 e. The van der Waals surface area contributed by atoms with Crippen LogP contribution in [-0.2, 0) is 6.54 Å². The molecule has 0 bridgehead atoms. The molecule has 1 atom stereocenters. The molecule has 1 heterocycles. The van der Waals surface area contributed by atoms with Crippen molar-refractivity contribution >= 4 is 17.4 Å². The molecular formula is C15H23ClN4O. The zero-order chi connectivity index (χ0) is 15.4. The second-order valence-corrected chi connectivity index (χ2v) is 6.02. The minimum Gasteiger partial charge on any atom is -0.409 e. The van der Waals surface area contributed by atoms with Gasteiger partial charge in [-0.15, -0.1) is 0 Å². The highest BCUT2D eigenvalue weighted by Crippen LogP contribution is 2.20. The van der Waals surface area contributed by atoms with E-state index in [4.69, 9.17) is 22.5 Å². The lowest BCUT2D eigenvalue weighted by Gasteiger charge is -2.37. The molecule has 0 aliphatic carbocycles. The molecule has 1 fully saturated rings. The van der Waals surface area contributed by atoms with Gasteiger partial charge in [-0.2, -0.15) is 0 Å². The van der Waals surface area contributed by atoms with Crippen molar-refractivity contribution in [2.75, 3.05) is 26.2 Å². The van der Waals surface area contributed by atoms with Crippen LogP contribution in [0.3, 0.4) is 0 Å². The Bertz CT molecular complexity index is 512. The first-order valence-corrected chi connectivity index (χ1v) is 7.58. The zero-order valence-electron chi connectivity index (χ0n) is 12.6. The normalized spacial score (nSPS) is 19.7. The predicted octanol–water partition coefficient (Wildman–Crippen LogP) is 1.90. The van der Waals surface area contributed by atoms with Crippen molar-refractivity contribution in [3.05, 3.63) is 34.3 Å². The van der Waals surface area contributed by atoms with Gasteiger partial charge in [-0.25, -0.2) is 0 Å². The number of amidine groups is 1. The van der Waals surface area contributed by atoms with Gasteiger partial charge in [0.15, 0.2) is 5.84 Å². The highest BCUT2D eigenvalue weighted by atomic mass is 35.5. The number of piperazine rings is 1. The Morgan fingerprint density at radius 2 is 2.05 bits per heavy atom. The van der Waals surface area contributed by atoms with Gasteiger partial charge < -0.3 is 10.9 Å². The molecule has 1 aromatic carbocycles. The van der Waals surface area contributed by atoms with Crippen LogP contribution in [0.1, 0.15) is 18.1 Å². The number of nitrogens with two attached hydrogens (primary N) is 1. The summed E-state index contributed by atoms with van der Waals surface area (Å²) >= 11 is 6.29. The smallest absolute Gasteiger partial charge is 0.156 e. The average Bonchev–Trinajstić information content (AvgIpc) is 2.49. The first-order valence-electron chi connectivity index (χ1n) is 7.20. The van der Waals surface area contributed by atoms with E-state index in [0.717, 1.165) is 37.7 Å². The van der Waals surface area contributed by atoms with E-state index < -0.39 is 0 Å². The molecule has 1 unspecified atom stereocenters. The molecular weight excluding hydrogens is 288 g/mol. The minimum absolute atomic E-state index is 0.0277. The van der Waals surface area contributed by atoms with Crippen LogP contribution in [0.5, 0.6) is 0 Å². The quantitative estimate of drug-likeness (QED) is 0.386. The molecule has 0 saturated carbocycles. The molecule has 3 N–H and O–H groups in total. The van der Waals surface area contributed by atoms with Crippen LogP contribution in [-0.4, -0.2) is 53.1 Å². The van der Waals surface area contributed by atoms with Crippen molar-refractivity contribution in [2.24, 2.45) is 10.9 Å². The lowest BCUT2D eigenvalue weighted by atomic mass is 10.1. The first kappa shape index (κ1) is 16.1. The molecule has 116 valence electrons. The topological polar surface area (TPSA) is 65.1 Å². The number of benzene rings is 1. The Hall–Kier alpha value is -1.30. The summed E-state index contributed by atoms with van der Waals surface area (Å²) in [6.07, 6.45) is 0. The van der Waals surface area contributed by atoms with Crippen LogP contribution in [0, 0.1) is 6.92 Å². The maximum Gasteiger partial charge on any atom is 0.156 e. The third-order valence-corrected chi connectivity index (χ3v) is 4.45. The van der Waals surface area contributed by atoms with E-state index in [1.807, 2.05) is 19.9 Å². The summed E-state index contributed by atoms with van der Waals surface area (Å²) in [4.78, 5) is 4.61. The van der Waals surface area contributed by atoms with Crippen molar-refractivity contribution in [1.82, 2.24) is 9.80 Å². The van der Waals surface area contributed by atoms with Gasteiger partial charge in [0.1, 0.15) is 0 Å². The average molecular weight is 311 g/mol. The van der Waals surface area contributed by atoms with Crippen LogP contribution < -0.4 is 5.73 Å². The number of nitrogens with zero attached hydrogens (tertiary/aromatic N) is 3. The molecule has 5 nitrogen and oxygen atoms in total. The summed E-state index contributed by atoms with van der Waals surface area (Å²) in [6, 6.07) is 6.18. The Labute approximate surface area is 131 Å². The van der Waals surface area contributed by atoms with Gasteiger partial charge in [0.25, 0.3) is 0 Å². The number of aryl methyl sites for hydroxylation is 1. The number of halogens is 1. The number of hydrogen-bond donors (Lipinski definition) is 2. The van der Waals surface area contributed by atoms with E-state index in [0.29, 0.717) is 0 Å². The summed E-state index contributed by atoms with van der Waals surface area (Å²) < 4.78 is 0. The Morgan fingerprint density at radius 1 is 1.38 bits per heavy atom. The fraction of sp³-hybridized carbons (Fsp3) is 0.533. The molecule has 1 aliphatic rings. The van der Waals surface area contributed by atoms with Gasteiger partial charge in [-0.05, 0) is 31.0 Å². The molecule has 2 rings (SSSR count). The summed E-state index contributed by atoms with van der Waals surface area (Å²) in [5, 5.41) is 12.7. The van der Waals surface area contributed by atoms with Crippen molar-refractivity contribution < 1.29 is 5.21 Å². The third-order valence-electron chi connectivity index (χ3n) is 4.10. The van der Waals surface area contributed by atoms with Crippen LogP contribution in [0.4, 0.5) is 0 Å². The van der Waals surface area contributed by atoms with E-state index in [-0.39, 0.29) is 11.9 Å². The van der Waals surface area contributed by atoms with Crippen LogP contribution in [0.15, 0.2) is 23.4 Å². The highest BCUT2D eigenvalue weighted by molar-refractivity contribution is 6.31. The highest BCUT2D eigenvalue weighted by Gasteiger charge is 2.23. The second kappa shape index (κ2) is 7.11. The molecule has 1 saturated heterocycles. The summed E-state index contributed by atoms with van der Waals surface area (Å²) in [6.45, 7) is 8.58. The molecule has 1 aromatic rings. The number of hydrogen-bond acceptors (Lipinski definition) is 4. The van der Waals surface area contributed by atoms with Gasteiger partial charge in [-0.3, -0.25) is 9.80 Å². The summed E-state index contributed by atoms with van der Waals surface area (Å²) in [5.74, 6) is 0.269. The SMILES string of the molecule is Cc1ccc(CN2CCN(C(C)/C(N)=N/O)CC2)c(Cl)c1. The lowest BCUT2D eigenvalue weighted by molar-refractivity contribution is 0.116. The predicted molar refractivity (Wildman–Crippen MR) is 85.9 cm³/mol. The second-order valence-electron chi connectivity index (χ2n) is 5.61. The van der Waals surface area contributed by atoms with Gasteiger partial charge >= 0.3 is 0 Å². The van der Waals surface area contributed by atoms with Crippen LogP contribution in [0.25, 0.3) is 0 Å². The van der Waals surface area contributed by atoms with E-state index in [1.165, 1.54) is 11.1 Å². The van der Waals surface area contributed by atoms with Gasteiger partial charge in [0.05, 0.1) is 6.04 Å². The Morgan fingerprint density at radius 3 is 2.62 bits per heavy atom. The molecule has 0 radical (unpaired) electrons. The molecule has 6 heteroatoms. The van der Waals surface area contributed by atoms with Crippen molar-refractivity contribution in [3.8, 4) is 0 Å². The summed E-state index contributed by atoms with van der Waals surface area (Å²) in [7, 11) is 0. The minimum atomic E-state index is -0.0277. The Balaban J connectivity index is 1.89. The zero-order valence-corrected chi connectivity index (χ0v) is 13.3. The van der Waals surface area contributed by atoms with Gasteiger partial charge in [-0.1, -0.05) is 28.9 Å². The van der Waals surface area contributed by atoms with Crippen LogP contribution >= 0.6 is 11.6 Å². The van der Waals surface area contributed by atoms with Crippen molar-refractivity contribution in [1.29, 1.82) is 0 Å². The van der Waals surface area contributed by atoms with Crippen LogP contribution in [0.2, 0.25) is 5.02 Å². The molecule has 21 heavy (non-hydrogen) atoms. The lowest BCUT2D eigenvalue weighted by Crippen LogP contribution is -2.52. The maximum absolute atomic E-state index is 8.75. The molecule has 0 aromatic heterocycles. The van der Waals surface area contributed by atoms with E-state index >= 15 is 0 Å². The van der Waals surface area contributed by atoms with Crippen molar-refractivity contribution in [3.63, 3.8) is 0 Å². The standard InChI is InChI=1S/C15H23ClN4O/c1-11-3-4-13(14(16)9-11)10-19-5-7-20(8-6-19)12(2)15(17)18-21/h3-4,9,12,21H,5-8,10H2,1-2H3,(H2,17,18). The fourth-order valence-electron chi connectivity index (χ4n) is 2.60. The molecule has 0 spiro atoms. The molecule has 0 amide bonds. The van der Waals surface area contributed by atoms with Crippen molar-refractivity contribution in [2.45, 2.75) is 26.4 Å². The monoisotopic (exact) mass is 310 g/mol. The molecule has 1 aliphatic heterocycles. The van der Waals surface area contributed by atoms with Gasteiger partial charge in [0.2, 0.25) is 0 Å². The number of rotatable bonds is 4.